The zero-order valence-corrected chi connectivity index (χ0v) is 19.5. The van der Waals surface area contributed by atoms with Gasteiger partial charge in [-0.25, -0.2) is 9.37 Å². The van der Waals surface area contributed by atoms with Gasteiger partial charge in [0, 0.05) is 24.3 Å². The Morgan fingerprint density at radius 2 is 1.88 bits per heavy atom. The second-order valence-corrected chi connectivity index (χ2v) is 9.45. The van der Waals surface area contributed by atoms with E-state index in [1.165, 1.54) is 18.7 Å². The number of aromatic nitrogens is 1. The van der Waals surface area contributed by atoms with E-state index in [2.05, 4.69) is 17.1 Å². The Labute approximate surface area is 197 Å². The Balaban J connectivity index is 1.74. The molecule has 0 saturated carbocycles. The molecule has 3 heterocycles. The molecule has 0 amide bonds. The number of nitrogens with zero attached hydrogens (tertiary/aromatic N) is 4. The van der Waals surface area contributed by atoms with Crippen LogP contribution >= 0.6 is 11.8 Å². The fourth-order valence-corrected chi connectivity index (χ4v) is 4.85. The first kappa shape index (κ1) is 23.3. The molecule has 2 aliphatic rings. The Morgan fingerprint density at radius 3 is 2.42 bits per heavy atom. The Kier molecular flexibility index (Phi) is 7.04. The quantitative estimate of drug-likeness (QED) is 0.405. The summed E-state index contributed by atoms with van der Waals surface area (Å²) in [4.78, 5) is 6.45. The van der Waals surface area contributed by atoms with E-state index in [-0.39, 0.29) is 18.7 Å². The van der Waals surface area contributed by atoms with Crippen LogP contribution in [-0.2, 0) is 9.47 Å². The molecule has 0 atom stereocenters. The van der Waals surface area contributed by atoms with Crippen molar-refractivity contribution in [2.45, 2.75) is 17.6 Å². The fraction of sp³-hybridized carbons (Fsp3) is 0.458. The standard InChI is InChI=1S/C24H25FN4O3S/c1-24(25)14-29(15-24)22-19(9-26)21(17-3-5-18(6-4-17)32-8-7-30-2)20(10-27)23(28-22)33-13-16-11-31-12-16/h3-6,16H,7-8,11-15H2,1-2H3. The normalized spacial score (nSPS) is 16.9. The highest BCUT2D eigenvalue weighted by atomic mass is 32.2. The minimum absolute atomic E-state index is 0.160. The number of ether oxygens (including phenoxy) is 3. The van der Waals surface area contributed by atoms with E-state index in [1.807, 2.05) is 12.1 Å². The Hall–Kier alpha value is -2.85. The van der Waals surface area contributed by atoms with Crippen molar-refractivity contribution in [2.24, 2.45) is 5.92 Å². The maximum absolute atomic E-state index is 14.3. The van der Waals surface area contributed by atoms with Crippen LogP contribution in [0.5, 0.6) is 5.75 Å². The average molecular weight is 469 g/mol. The summed E-state index contributed by atoms with van der Waals surface area (Å²) in [6.45, 7) is 4.14. The summed E-state index contributed by atoms with van der Waals surface area (Å²) >= 11 is 1.48. The number of halogens is 1. The number of nitriles is 2. The van der Waals surface area contributed by atoms with Gasteiger partial charge in [-0.15, -0.1) is 11.8 Å². The predicted molar refractivity (Wildman–Crippen MR) is 123 cm³/mol. The highest BCUT2D eigenvalue weighted by molar-refractivity contribution is 7.99. The number of hydrogen-bond acceptors (Lipinski definition) is 8. The molecule has 0 spiro atoms. The van der Waals surface area contributed by atoms with Crippen LogP contribution in [0.25, 0.3) is 11.1 Å². The molecular formula is C24H25FN4O3S. The maximum Gasteiger partial charge on any atom is 0.148 e. The summed E-state index contributed by atoms with van der Waals surface area (Å²) < 4.78 is 30.2. The lowest BCUT2D eigenvalue weighted by atomic mass is 9.93. The van der Waals surface area contributed by atoms with E-state index in [0.29, 0.717) is 65.6 Å². The van der Waals surface area contributed by atoms with Crippen LogP contribution in [0.4, 0.5) is 10.2 Å². The lowest BCUT2D eigenvalue weighted by molar-refractivity contribution is -0.0196. The van der Waals surface area contributed by atoms with Gasteiger partial charge in [0.05, 0.1) is 38.5 Å². The zero-order valence-electron chi connectivity index (χ0n) is 18.6. The second-order valence-electron chi connectivity index (χ2n) is 8.44. The molecule has 172 valence electrons. The highest BCUT2D eigenvalue weighted by Crippen LogP contribution is 2.41. The van der Waals surface area contributed by atoms with Crippen molar-refractivity contribution in [1.82, 2.24) is 4.98 Å². The van der Waals surface area contributed by atoms with Gasteiger partial charge in [-0.3, -0.25) is 0 Å². The van der Waals surface area contributed by atoms with Crippen LogP contribution < -0.4 is 9.64 Å². The summed E-state index contributed by atoms with van der Waals surface area (Å²) in [5.41, 5.74) is 0.556. The van der Waals surface area contributed by atoms with E-state index in [4.69, 9.17) is 14.2 Å². The van der Waals surface area contributed by atoms with Crippen molar-refractivity contribution in [1.29, 1.82) is 10.5 Å². The van der Waals surface area contributed by atoms with E-state index in [9.17, 15) is 14.9 Å². The van der Waals surface area contributed by atoms with Crippen molar-refractivity contribution in [3.8, 4) is 29.0 Å². The van der Waals surface area contributed by atoms with Gasteiger partial charge in [0.2, 0.25) is 0 Å². The molecule has 4 rings (SSSR count). The van der Waals surface area contributed by atoms with E-state index in [1.54, 1.807) is 24.1 Å². The van der Waals surface area contributed by atoms with Crippen molar-refractivity contribution in [3.05, 3.63) is 35.4 Å². The SMILES string of the molecule is COCCOc1ccc(-c2c(C#N)c(SCC3COC3)nc(N3CC(C)(F)C3)c2C#N)cc1. The van der Waals surface area contributed by atoms with Gasteiger partial charge >= 0.3 is 0 Å². The van der Waals surface area contributed by atoms with Crippen LogP contribution in [0, 0.1) is 28.6 Å². The molecule has 2 fully saturated rings. The van der Waals surface area contributed by atoms with Gasteiger partial charge in [0.1, 0.15) is 46.6 Å². The third-order valence-electron chi connectivity index (χ3n) is 5.57. The number of methoxy groups -OCH3 is 1. The number of thioether (sulfide) groups is 1. The van der Waals surface area contributed by atoms with Crippen LogP contribution in [0.15, 0.2) is 29.3 Å². The lowest BCUT2D eigenvalue weighted by Gasteiger charge is -2.43. The van der Waals surface area contributed by atoms with Gasteiger partial charge in [-0.2, -0.15) is 10.5 Å². The molecule has 0 bridgehead atoms. The summed E-state index contributed by atoms with van der Waals surface area (Å²) in [6.07, 6.45) is 0. The van der Waals surface area contributed by atoms with E-state index >= 15 is 0 Å². The zero-order chi connectivity index (χ0) is 23.4. The number of alkyl halides is 1. The summed E-state index contributed by atoms with van der Waals surface area (Å²) in [6, 6.07) is 11.7. The van der Waals surface area contributed by atoms with Crippen LogP contribution in [0.3, 0.4) is 0 Å². The molecule has 0 aliphatic carbocycles. The highest BCUT2D eigenvalue weighted by Gasteiger charge is 2.41. The molecule has 0 N–H and O–H groups in total. The molecule has 0 radical (unpaired) electrons. The van der Waals surface area contributed by atoms with Crippen molar-refractivity contribution < 1.29 is 18.6 Å². The minimum Gasteiger partial charge on any atom is -0.491 e. The topological polar surface area (TPSA) is 91.4 Å². The van der Waals surface area contributed by atoms with Crippen molar-refractivity contribution in [3.63, 3.8) is 0 Å². The van der Waals surface area contributed by atoms with Gasteiger partial charge in [0.15, 0.2) is 0 Å². The van der Waals surface area contributed by atoms with Gasteiger partial charge in [-0.1, -0.05) is 12.1 Å². The number of benzene rings is 1. The Bertz CT molecular complexity index is 1080. The van der Waals surface area contributed by atoms with Crippen molar-refractivity contribution in [2.75, 3.05) is 57.3 Å². The molecule has 0 unspecified atom stereocenters. The number of hydrogen-bond donors (Lipinski definition) is 0. The molecule has 33 heavy (non-hydrogen) atoms. The first-order valence-electron chi connectivity index (χ1n) is 10.7. The number of anilines is 1. The minimum atomic E-state index is -1.32. The molecule has 1 aromatic heterocycles. The summed E-state index contributed by atoms with van der Waals surface area (Å²) in [5, 5.41) is 20.7. The van der Waals surface area contributed by atoms with E-state index in [0.717, 1.165) is 5.75 Å². The molecule has 2 aromatic rings. The van der Waals surface area contributed by atoms with Gasteiger partial charge in [0.25, 0.3) is 0 Å². The monoisotopic (exact) mass is 468 g/mol. The molecule has 2 aliphatic heterocycles. The molecular weight excluding hydrogens is 443 g/mol. The van der Waals surface area contributed by atoms with Gasteiger partial charge < -0.3 is 19.1 Å². The molecule has 2 saturated heterocycles. The average Bonchev–Trinajstić information content (AvgIpc) is 2.76. The smallest absolute Gasteiger partial charge is 0.148 e. The molecule has 7 nitrogen and oxygen atoms in total. The predicted octanol–water partition coefficient (Wildman–Crippen LogP) is 3.80. The lowest BCUT2D eigenvalue weighted by Crippen LogP contribution is -2.57. The fourth-order valence-electron chi connectivity index (χ4n) is 3.82. The number of pyridine rings is 1. The largest absolute Gasteiger partial charge is 0.491 e. The Morgan fingerprint density at radius 1 is 1.18 bits per heavy atom. The molecule has 1 aromatic carbocycles. The van der Waals surface area contributed by atoms with E-state index < -0.39 is 5.67 Å². The van der Waals surface area contributed by atoms with Crippen LogP contribution in [0.2, 0.25) is 0 Å². The van der Waals surface area contributed by atoms with Gasteiger partial charge in [-0.05, 0) is 24.6 Å². The third-order valence-corrected chi connectivity index (χ3v) is 6.78. The molecule has 9 heteroatoms. The second kappa shape index (κ2) is 9.96. The first-order valence-corrected chi connectivity index (χ1v) is 11.7. The van der Waals surface area contributed by atoms with Crippen LogP contribution in [0.1, 0.15) is 18.1 Å². The third kappa shape index (κ3) is 5.06. The maximum atomic E-state index is 14.3. The van der Waals surface area contributed by atoms with Crippen LogP contribution in [-0.4, -0.2) is 63.0 Å². The van der Waals surface area contributed by atoms with Crippen molar-refractivity contribution >= 4 is 17.6 Å². The number of rotatable bonds is 9. The summed E-state index contributed by atoms with van der Waals surface area (Å²) in [5.74, 6) is 2.26. The summed E-state index contributed by atoms with van der Waals surface area (Å²) in [7, 11) is 1.61. The first-order chi connectivity index (χ1) is 16.0.